The Morgan fingerprint density at radius 2 is 1.85 bits per heavy atom. The van der Waals surface area contributed by atoms with Crippen LogP contribution in [0.4, 0.5) is 18.9 Å². The number of aromatic nitrogens is 7. The van der Waals surface area contributed by atoms with Crippen LogP contribution >= 0.6 is 11.6 Å². The molecular weight excluding hydrogens is 581 g/mol. The minimum Gasteiger partial charge on any atom is -0.382 e. The van der Waals surface area contributed by atoms with Crippen molar-refractivity contribution in [1.29, 1.82) is 0 Å². The number of benzene rings is 1. The first-order valence-electron chi connectivity index (χ1n) is 11.2. The Hall–Kier alpha value is -4.09. The summed E-state index contributed by atoms with van der Waals surface area (Å²) < 4.78 is 64.7. The Morgan fingerprint density at radius 1 is 1.15 bits per heavy atom. The van der Waals surface area contributed by atoms with Crippen molar-refractivity contribution in [3.05, 3.63) is 70.3 Å². The fraction of sp³-hybridized carbons (Fsp3) is 0.273. The van der Waals surface area contributed by atoms with E-state index in [4.69, 9.17) is 11.6 Å². The molecule has 0 radical (unpaired) electrons. The number of nitrogens with zero attached hydrogens (tertiary/aromatic N) is 7. The number of aliphatic hydroxyl groups is 1. The second-order valence-corrected chi connectivity index (χ2v) is 11.1. The first-order chi connectivity index (χ1) is 18.7. The summed E-state index contributed by atoms with van der Waals surface area (Å²) in [4.78, 5) is 33.3. The van der Waals surface area contributed by atoms with E-state index in [1.807, 2.05) is 0 Å². The van der Waals surface area contributed by atoms with Crippen LogP contribution in [0, 0.1) is 0 Å². The molecule has 0 fully saturated rings. The van der Waals surface area contributed by atoms with E-state index in [9.17, 15) is 36.3 Å². The number of hydrogen-bond acceptors (Lipinski definition) is 9. The summed E-state index contributed by atoms with van der Waals surface area (Å²) in [5, 5.41) is 20.7. The molecule has 1 atom stereocenters. The standard InChI is InChI=1S/C22H20ClF3N8O5S/c1-40(38,39)11-18(36)29-15-3-2-8-27-20(15)34-12-28-17(30-34)10-33-21(37)32(9-16(35)22(24,25)26)19(31-33)13-4-6-14(23)7-5-13/h2-8,12,16,35H,9-11H2,1H3,(H,29,36)/t16-/m0/s1. The lowest BCUT2D eigenvalue weighted by Crippen LogP contribution is -2.37. The molecule has 0 saturated carbocycles. The highest BCUT2D eigenvalue weighted by Crippen LogP contribution is 2.24. The molecule has 13 nitrogen and oxygen atoms in total. The predicted octanol–water partition coefficient (Wildman–Crippen LogP) is 1.30. The number of nitrogens with one attached hydrogen (secondary N) is 1. The van der Waals surface area contributed by atoms with Gasteiger partial charge < -0.3 is 10.4 Å². The van der Waals surface area contributed by atoms with Crippen LogP contribution in [0.1, 0.15) is 5.82 Å². The van der Waals surface area contributed by atoms with Gasteiger partial charge in [0, 0.05) is 23.0 Å². The number of alkyl halides is 3. The number of carbonyl (C=O) groups excluding carboxylic acids is 1. The van der Waals surface area contributed by atoms with E-state index in [-0.39, 0.29) is 35.3 Å². The van der Waals surface area contributed by atoms with Crippen LogP contribution in [0.2, 0.25) is 5.02 Å². The zero-order chi connectivity index (χ0) is 29.2. The topological polar surface area (TPSA) is 167 Å². The molecule has 1 amide bonds. The van der Waals surface area contributed by atoms with Gasteiger partial charge in [0.15, 0.2) is 33.4 Å². The molecule has 0 unspecified atom stereocenters. The van der Waals surface area contributed by atoms with Gasteiger partial charge >= 0.3 is 11.9 Å². The molecule has 2 N–H and O–H groups in total. The quantitative estimate of drug-likeness (QED) is 0.288. The molecule has 0 aliphatic carbocycles. The largest absolute Gasteiger partial charge is 0.416 e. The number of hydrogen-bond donors (Lipinski definition) is 2. The van der Waals surface area contributed by atoms with E-state index in [1.165, 1.54) is 48.9 Å². The molecule has 3 heterocycles. The molecule has 4 aromatic rings. The van der Waals surface area contributed by atoms with Crippen LogP contribution in [-0.2, 0) is 27.7 Å². The van der Waals surface area contributed by atoms with E-state index in [0.717, 1.165) is 15.6 Å². The fourth-order valence-corrected chi connectivity index (χ4v) is 4.18. The number of halogens is 4. The highest BCUT2D eigenvalue weighted by Gasteiger charge is 2.39. The van der Waals surface area contributed by atoms with Crippen LogP contribution in [0.15, 0.2) is 53.7 Å². The first kappa shape index (κ1) is 28.9. The lowest BCUT2D eigenvalue weighted by atomic mass is 10.2. The van der Waals surface area contributed by atoms with Gasteiger partial charge in [-0.15, -0.1) is 10.2 Å². The number of rotatable bonds is 9. The molecule has 40 heavy (non-hydrogen) atoms. The minimum absolute atomic E-state index is 0.00448. The van der Waals surface area contributed by atoms with Crippen molar-refractivity contribution in [3.8, 4) is 17.2 Å². The summed E-state index contributed by atoms with van der Waals surface area (Å²) in [6, 6.07) is 8.80. The molecule has 0 aliphatic heterocycles. The third-order valence-corrected chi connectivity index (χ3v) is 6.30. The van der Waals surface area contributed by atoms with Crippen molar-refractivity contribution in [2.24, 2.45) is 0 Å². The Labute approximate surface area is 228 Å². The monoisotopic (exact) mass is 600 g/mol. The average molecular weight is 601 g/mol. The van der Waals surface area contributed by atoms with Crippen molar-refractivity contribution in [1.82, 2.24) is 34.1 Å². The van der Waals surface area contributed by atoms with E-state index in [2.05, 4.69) is 25.5 Å². The average Bonchev–Trinajstić information content (AvgIpc) is 3.43. The number of sulfone groups is 1. The Morgan fingerprint density at radius 3 is 2.50 bits per heavy atom. The molecule has 0 saturated heterocycles. The third kappa shape index (κ3) is 6.91. The van der Waals surface area contributed by atoms with Gasteiger partial charge in [0.25, 0.3) is 0 Å². The van der Waals surface area contributed by atoms with E-state index in [1.54, 1.807) is 0 Å². The maximum atomic E-state index is 13.1. The van der Waals surface area contributed by atoms with Gasteiger partial charge in [-0.1, -0.05) is 11.6 Å². The lowest BCUT2D eigenvalue weighted by molar-refractivity contribution is -0.207. The van der Waals surface area contributed by atoms with Gasteiger partial charge in [-0.3, -0.25) is 9.36 Å². The van der Waals surface area contributed by atoms with Crippen molar-refractivity contribution in [2.75, 3.05) is 17.3 Å². The van der Waals surface area contributed by atoms with Gasteiger partial charge in [0.2, 0.25) is 5.91 Å². The molecule has 0 spiro atoms. The molecule has 3 aromatic heterocycles. The fourth-order valence-electron chi connectivity index (χ4n) is 3.50. The normalized spacial score (nSPS) is 12.8. The number of carbonyl (C=O) groups is 1. The van der Waals surface area contributed by atoms with Gasteiger partial charge in [-0.25, -0.2) is 32.5 Å². The zero-order valence-electron chi connectivity index (χ0n) is 20.4. The summed E-state index contributed by atoms with van der Waals surface area (Å²) >= 11 is 5.89. The Kier molecular flexibility index (Phi) is 8.08. The molecule has 0 aliphatic rings. The van der Waals surface area contributed by atoms with Crippen molar-refractivity contribution >= 4 is 33.0 Å². The number of pyridine rings is 1. The molecule has 18 heteroatoms. The van der Waals surface area contributed by atoms with E-state index < -0.39 is 46.0 Å². The summed E-state index contributed by atoms with van der Waals surface area (Å²) in [6.45, 7) is -1.48. The highest BCUT2D eigenvalue weighted by atomic mass is 35.5. The number of aliphatic hydroxyl groups excluding tert-OH is 1. The molecular formula is C22H20ClF3N8O5S. The van der Waals surface area contributed by atoms with Crippen molar-refractivity contribution in [3.63, 3.8) is 0 Å². The maximum absolute atomic E-state index is 13.1. The number of anilines is 1. The van der Waals surface area contributed by atoms with Gasteiger partial charge in [0.1, 0.15) is 18.6 Å². The second-order valence-electron chi connectivity index (χ2n) is 8.54. The smallest absolute Gasteiger partial charge is 0.382 e. The second kappa shape index (κ2) is 11.2. The van der Waals surface area contributed by atoms with Crippen LogP contribution in [0.25, 0.3) is 17.2 Å². The first-order valence-corrected chi connectivity index (χ1v) is 13.7. The molecule has 1 aromatic carbocycles. The molecule has 0 bridgehead atoms. The molecule has 4 rings (SSSR count). The predicted molar refractivity (Wildman–Crippen MR) is 136 cm³/mol. The van der Waals surface area contributed by atoms with Crippen LogP contribution in [0.5, 0.6) is 0 Å². The summed E-state index contributed by atoms with van der Waals surface area (Å²) in [5.41, 5.74) is -0.563. The SMILES string of the molecule is CS(=O)(=O)CC(=O)Nc1cccnc1-n1cnc(Cn2nc(-c3ccc(Cl)cc3)n(C[C@H](O)C(F)(F)F)c2=O)n1. The zero-order valence-corrected chi connectivity index (χ0v) is 22.0. The van der Waals surface area contributed by atoms with E-state index in [0.29, 0.717) is 9.59 Å². The van der Waals surface area contributed by atoms with Crippen LogP contribution < -0.4 is 11.0 Å². The van der Waals surface area contributed by atoms with Gasteiger partial charge in [-0.2, -0.15) is 13.2 Å². The van der Waals surface area contributed by atoms with E-state index >= 15 is 0 Å². The number of amides is 1. The van der Waals surface area contributed by atoms with Crippen molar-refractivity contribution in [2.45, 2.75) is 25.4 Å². The van der Waals surface area contributed by atoms with Crippen LogP contribution in [0.3, 0.4) is 0 Å². The summed E-state index contributed by atoms with van der Waals surface area (Å²) in [7, 11) is -3.59. The third-order valence-electron chi connectivity index (χ3n) is 5.26. The molecule has 212 valence electrons. The van der Waals surface area contributed by atoms with Gasteiger partial charge in [-0.05, 0) is 36.4 Å². The Balaban J connectivity index is 1.65. The lowest BCUT2D eigenvalue weighted by Gasteiger charge is -2.15. The summed E-state index contributed by atoms with van der Waals surface area (Å²) in [6.07, 6.45) is -4.30. The minimum atomic E-state index is -4.98. The summed E-state index contributed by atoms with van der Waals surface area (Å²) in [5.74, 6) is -1.62. The maximum Gasteiger partial charge on any atom is 0.416 e. The Bertz CT molecular complexity index is 1700. The van der Waals surface area contributed by atoms with Gasteiger partial charge in [0.05, 0.1) is 12.2 Å². The highest BCUT2D eigenvalue weighted by molar-refractivity contribution is 7.91. The van der Waals surface area contributed by atoms with Crippen molar-refractivity contribution < 1.29 is 31.5 Å². The van der Waals surface area contributed by atoms with Crippen LogP contribution in [-0.4, -0.2) is 77.8 Å².